The summed E-state index contributed by atoms with van der Waals surface area (Å²) in [6.45, 7) is 0.180. The zero-order valence-corrected chi connectivity index (χ0v) is 15.2. The first-order valence-corrected chi connectivity index (χ1v) is 9.50. The van der Waals surface area contributed by atoms with E-state index in [0.29, 0.717) is 11.4 Å². The summed E-state index contributed by atoms with van der Waals surface area (Å²) < 4.78 is 5.50. The van der Waals surface area contributed by atoms with Gasteiger partial charge in [0.2, 0.25) is 0 Å². The normalized spacial score (nSPS) is 21.7. The molecule has 5 rings (SSSR count). The number of aryl methyl sites for hydroxylation is 1. The maximum atomic E-state index is 13.2. The summed E-state index contributed by atoms with van der Waals surface area (Å²) >= 11 is 7.45. The van der Waals surface area contributed by atoms with Gasteiger partial charge in [0, 0.05) is 10.4 Å². The van der Waals surface area contributed by atoms with Crippen LogP contribution in [0.25, 0.3) is 10.1 Å². The molecular formula is C19H14ClN3O2S. The van der Waals surface area contributed by atoms with Crippen LogP contribution in [0.4, 0.5) is 4.79 Å². The van der Waals surface area contributed by atoms with E-state index in [1.807, 2.05) is 36.4 Å². The number of rotatable bonds is 2. The molecule has 0 bridgehead atoms. The number of benzene rings is 2. The lowest BCUT2D eigenvalue weighted by Gasteiger charge is -2.22. The Morgan fingerprint density at radius 1 is 1.23 bits per heavy atom. The van der Waals surface area contributed by atoms with E-state index in [-0.39, 0.29) is 18.5 Å². The second-order valence-electron chi connectivity index (χ2n) is 6.65. The van der Waals surface area contributed by atoms with Gasteiger partial charge in [-0.05, 0) is 53.7 Å². The van der Waals surface area contributed by atoms with Crippen LogP contribution in [0.15, 0.2) is 42.5 Å². The number of nitrogens with one attached hydrogen (secondary N) is 1. The minimum atomic E-state index is -0.969. The lowest BCUT2D eigenvalue weighted by atomic mass is 9.92. The molecule has 1 unspecified atom stereocenters. The first-order chi connectivity index (χ1) is 12.6. The Morgan fingerprint density at radius 2 is 2.08 bits per heavy atom. The van der Waals surface area contributed by atoms with E-state index in [4.69, 9.17) is 11.6 Å². The van der Waals surface area contributed by atoms with Crippen LogP contribution in [0.1, 0.15) is 23.2 Å². The molecule has 0 saturated carbocycles. The van der Waals surface area contributed by atoms with Crippen molar-refractivity contribution in [3.05, 3.63) is 64.3 Å². The van der Waals surface area contributed by atoms with Gasteiger partial charge in [-0.3, -0.25) is 9.69 Å². The maximum Gasteiger partial charge on any atom is 0.325 e. The monoisotopic (exact) mass is 383 g/mol. The van der Waals surface area contributed by atoms with Crippen LogP contribution >= 0.6 is 23.1 Å². The number of hydrogen-bond acceptors (Lipinski definition) is 4. The molecular weight excluding hydrogens is 370 g/mol. The Labute approximate surface area is 158 Å². The second kappa shape index (κ2) is 5.53. The molecule has 3 amide bonds. The molecule has 7 heteroatoms. The molecule has 1 fully saturated rings. The van der Waals surface area contributed by atoms with Crippen molar-refractivity contribution in [1.29, 1.82) is 0 Å². The molecule has 1 N–H and O–H groups in total. The molecule has 1 aliphatic heterocycles. The highest BCUT2D eigenvalue weighted by atomic mass is 35.5. The number of hydrogen-bond donors (Lipinski definition) is 1. The van der Waals surface area contributed by atoms with Gasteiger partial charge in [0.1, 0.15) is 5.54 Å². The number of urea groups is 1. The maximum absolute atomic E-state index is 13.2. The molecule has 26 heavy (non-hydrogen) atoms. The molecule has 1 aliphatic carbocycles. The van der Waals surface area contributed by atoms with Crippen molar-refractivity contribution in [2.75, 3.05) is 0 Å². The van der Waals surface area contributed by atoms with Gasteiger partial charge in [-0.2, -0.15) is 4.37 Å². The van der Waals surface area contributed by atoms with Crippen molar-refractivity contribution in [2.45, 2.75) is 24.9 Å². The number of imide groups is 1. The van der Waals surface area contributed by atoms with Gasteiger partial charge < -0.3 is 5.32 Å². The highest BCUT2D eigenvalue weighted by molar-refractivity contribution is 7.13. The smallest absolute Gasteiger partial charge is 0.319 e. The second-order valence-corrected chi connectivity index (χ2v) is 7.90. The van der Waals surface area contributed by atoms with Crippen LogP contribution in [0.2, 0.25) is 5.02 Å². The summed E-state index contributed by atoms with van der Waals surface area (Å²) in [5.74, 6) is -0.208. The predicted molar refractivity (Wildman–Crippen MR) is 100 cm³/mol. The van der Waals surface area contributed by atoms with E-state index >= 15 is 0 Å². The van der Waals surface area contributed by atoms with Crippen LogP contribution in [-0.4, -0.2) is 21.2 Å². The van der Waals surface area contributed by atoms with E-state index in [9.17, 15) is 9.59 Å². The first kappa shape index (κ1) is 15.8. The van der Waals surface area contributed by atoms with E-state index in [0.717, 1.165) is 33.3 Å². The first-order valence-electron chi connectivity index (χ1n) is 8.35. The highest BCUT2D eigenvalue weighted by Gasteiger charge is 2.55. The van der Waals surface area contributed by atoms with Crippen molar-refractivity contribution in [3.63, 3.8) is 0 Å². The van der Waals surface area contributed by atoms with Crippen molar-refractivity contribution >= 4 is 45.2 Å². The van der Waals surface area contributed by atoms with E-state index in [2.05, 4.69) is 9.69 Å². The summed E-state index contributed by atoms with van der Waals surface area (Å²) in [5, 5.41) is 4.56. The molecule has 2 aromatic carbocycles. The van der Waals surface area contributed by atoms with Crippen molar-refractivity contribution in [1.82, 2.24) is 14.6 Å². The fourth-order valence-corrected chi connectivity index (χ4v) is 4.95. The number of aromatic nitrogens is 1. The molecule has 2 heterocycles. The number of halogens is 1. The molecule has 1 spiro atoms. The van der Waals surface area contributed by atoms with E-state index in [1.165, 1.54) is 16.4 Å². The summed E-state index contributed by atoms with van der Waals surface area (Å²) in [7, 11) is 0. The minimum Gasteiger partial charge on any atom is -0.319 e. The number of nitrogens with zero attached hydrogens (tertiary/aromatic N) is 2. The van der Waals surface area contributed by atoms with Gasteiger partial charge in [0.15, 0.2) is 0 Å². The third-order valence-electron chi connectivity index (χ3n) is 5.23. The summed E-state index contributed by atoms with van der Waals surface area (Å²) in [5.41, 5.74) is 1.65. The molecule has 130 valence electrons. The van der Waals surface area contributed by atoms with Crippen LogP contribution in [0.5, 0.6) is 0 Å². The summed E-state index contributed by atoms with van der Waals surface area (Å²) in [4.78, 5) is 27.1. The van der Waals surface area contributed by atoms with Crippen LogP contribution in [0.3, 0.4) is 0 Å². The Bertz CT molecular complexity index is 1080. The van der Waals surface area contributed by atoms with Gasteiger partial charge >= 0.3 is 6.03 Å². The molecule has 2 aliphatic rings. The van der Waals surface area contributed by atoms with Crippen molar-refractivity contribution < 1.29 is 9.59 Å². The Morgan fingerprint density at radius 3 is 2.96 bits per heavy atom. The Hall–Kier alpha value is -2.44. The van der Waals surface area contributed by atoms with Crippen molar-refractivity contribution in [3.8, 4) is 0 Å². The third-order valence-corrected chi connectivity index (χ3v) is 6.33. The summed E-state index contributed by atoms with van der Waals surface area (Å²) in [6.07, 6.45) is 1.27. The molecule has 0 radical (unpaired) electrons. The minimum absolute atomic E-state index is 0.180. The van der Waals surface area contributed by atoms with Gasteiger partial charge in [0.25, 0.3) is 5.91 Å². The molecule has 5 nitrogen and oxygen atoms in total. The van der Waals surface area contributed by atoms with Gasteiger partial charge in [0.05, 0.1) is 16.9 Å². The quantitative estimate of drug-likeness (QED) is 0.684. The van der Waals surface area contributed by atoms with E-state index < -0.39 is 5.54 Å². The fraction of sp³-hybridized carbons (Fsp3) is 0.211. The van der Waals surface area contributed by atoms with Gasteiger partial charge in [-0.15, -0.1) is 0 Å². The number of carbonyl (C=O) groups is 2. The van der Waals surface area contributed by atoms with Crippen LogP contribution in [-0.2, 0) is 23.3 Å². The summed E-state index contributed by atoms with van der Waals surface area (Å²) in [6, 6.07) is 13.0. The van der Waals surface area contributed by atoms with Gasteiger partial charge in [-0.25, -0.2) is 4.79 Å². The SMILES string of the molecule is O=C1NC2(CCc3cc(Cl)ccc32)C(=O)N1Cc1nsc2ccccc12. The number of fused-ring (bicyclic) bond motifs is 3. The molecule has 1 saturated heterocycles. The highest BCUT2D eigenvalue weighted by Crippen LogP contribution is 2.42. The average Bonchev–Trinajstić information content (AvgIpc) is 3.27. The van der Waals surface area contributed by atoms with Crippen molar-refractivity contribution in [2.24, 2.45) is 0 Å². The van der Waals surface area contributed by atoms with Crippen LogP contribution in [0, 0.1) is 0 Å². The number of amides is 3. The average molecular weight is 384 g/mol. The zero-order valence-electron chi connectivity index (χ0n) is 13.7. The largest absolute Gasteiger partial charge is 0.325 e. The topological polar surface area (TPSA) is 62.3 Å². The molecule has 1 aromatic heterocycles. The Balaban J connectivity index is 1.52. The standard InChI is InChI=1S/C19H14ClN3O2S/c20-12-5-6-14-11(9-12)7-8-19(14)17(24)23(18(25)21-19)10-15-13-3-1-2-4-16(13)26-22-15/h1-6,9H,7-8,10H2,(H,21,25). The molecule has 1 atom stereocenters. The fourth-order valence-electron chi connectivity index (χ4n) is 3.97. The third kappa shape index (κ3) is 2.12. The van der Waals surface area contributed by atoms with E-state index in [1.54, 1.807) is 6.07 Å². The lowest BCUT2D eigenvalue weighted by Crippen LogP contribution is -2.41. The van der Waals surface area contributed by atoms with Gasteiger partial charge in [-0.1, -0.05) is 35.9 Å². The predicted octanol–water partition coefficient (Wildman–Crippen LogP) is 3.84. The lowest BCUT2D eigenvalue weighted by molar-refractivity contribution is -0.132. The number of carbonyl (C=O) groups excluding carboxylic acids is 2. The Kier molecular flexibility index (Phi) is 3.36. The van der Waals surface area contributed by atoms with Crippen LogP contribution < -0.4 is 5.32 Å². The zero-order chi connectivity index (χ0) is 17.9. The molecule has 3 aromatic rings.